The molecule has 0 aromatic rings. The molecule has 2 aliphatic rings. The molecule has 3 unspecified atom stereocenters. The zero-order valence-corrected chi connectivity index (χ0v) is 12.5. The van der Waals surface area contributed by atoms with Crippen molar-refractivity contribution in [2.45, 2.75) is 76.4 Å². The maximum Gasteiger partial charge on any atom is 0.392 e. The average molecular weight is 291 g/mol. The van der Waals surface area contributed by atoms with Gasteiger partial charge in [-0.1, -0.05) is 38.5 Å². The summed E-state index contributed by atoms with van der Waals surface area (Å²) in [6.07, 6.45) is 5.83. The second kappa shape index (κ2) is 7.15. The van der Waals surface area contributed by atoms with Crippen molar-refractivity contribution in [3.05, 3.63) is 0 Å². The summed E-state index contributed by atoms with van der Waals surface area (Å²) < 4.78 is 39.9. The van der Waals surface area contributed by atoms with Gasteiger partial charge in [0, 0.05) is 6.04 Å². The van der Waals surface area contributed by atoms with Crippen LogP contribution in [0.5, 0.6) is 0 Å². The Morgan fingerprint density at radius 2 is 1.40 bits per heavy atom. The fourth-order valence-electron chi connectivity index (χ4n) is 4.47. The second-order valence-corrected chi connectivity index (χ2v) is 6.66. The highest BCUT2D eigenvalue weighted by Gasteiger charge is 2.48. The smallest absolute Gasteiger partial charge is 0.316 e. The van der Waals surface area contributed by atoms with Gasteiger partial charge in [-0.05, 0) is 44.6 Å². The molecule has 118 valence electrons. The van der Waals surface area contributed by atoms with Gasteiger partial charge >= 0.3 is 6.18 Å². The summed E-state index contributed by atoms with van der Waals surface area (Å²) in [4.78, 5) is 0. The number of alkyl halides is 3. The molecule has 1 N–H and O–H groups in total. The van der Waals surface area contributed by atoms with Gasteiger partial charge in [0.2, 0.25) is 0 Å². The molecule has 4 heteroatoms. The molecule has 1 nitrogen and oxygen atoms in total. The van der Waals surface area contributed by atoms with Crippen LogP contribution in [0.2, 0.25) is 0 Å². The van der Waals surface area contributed by atoms with Gasteiger partial charge in [0.15, 0.2) is 0 Å². The quantitative estimate of drug-likeness (QED) is 0.728. The van der Waals surface area contributed by atoms with Crippen molar-refractivity contribution in [3.63, 3.8) is 0 Å². The predicted octanol–water partition coefficient (Wildman–Crippen LogP) is 4.91. The van der Waals surface area contributed by atoms with Gasteiger partial charge in [-0.15, -0.1) is 0 Å². The fraction of sp³-hybridized carbons (Fsp3) is 1.00. The summed E-state index contributed by atoms with van der Waals surface area (Å²) in [5, 5.41) is 3.27. The lowest BCUT2D eigenvalue weighted by molar-refractivity contribution is -0.200. The molecular formula is C16H28F3N. The number of hydrogen-bond acceptors (Lipinski definition) is 1. The molecule has 2 rings (SSSR count). The molecule has 0 amide bonds. The summed E-state index contributed by atoms with van der Waals surface area (Å²) in [5.41, 5.74) is 0. The third kappa shape index (κ3) is 3.90. The largest absolute Gasteiger partial charge is 0.392 e. The molecule has 0 bridgehead atoms. The molecule has 0 heterocycles. The monoisotopic (exact) mass is 291 g/mol. The highest BCUT2D eigenvalue weighted by molar-refractivity contribution is 4.91. The zero-order valence-electron chi connectivity index (χ0n) is 12.5. The molecule has 0 aromatic carbocycles. The van der Waals surface area contributed by atoms with E-state index in [1.807, 2.05) is 7.05 Å². The van der Waals surface area contributed by atoms with E-state index in [9.17, 15) is 13.2 Å². The third-order valence-corrected chi connectivity index (χ3v) is 5.44. The number of nitrogens with one attached hydrogen (secondary N) is 1. The van der Waals surface area contributed by atoms with Crippen LogP contribution in [0.3, 0.4) is 0 Å². The molecule has 20 heavy (non-hydrogen) atoms. The van der Waals surface area contributed by atoms with Gasteiger partial charge in [0.25, 0.3) is 0 Å². The summed E-state index contributed by atoms with van der Waals surface area (Å²) in [5.74, 6) is -0.857. The number of hydrogen-bond donors (Lipinski definition) is 1. The summed E-state index contributed by atoms with van der Waals surface area (Å²) in [7, 11) is 1.86. The molecular weight excluding hydrogens is 263 g/mol. The van der Waals surface area contributed by atoms with Gasteiger partial charge < -0.3 is 5.32 Å². The highest BCUT2D eigenvalue weighted by atomic mass is 19.4. The summed E-state index contributed by atoms with van der Waals surface area (Å²) in [6, 6.07) is 0.0556. The Kier molecular flexibility index (Phi) is 5.76. The van der Waals surface area contributed by atoms with E-state index in [0.717, 1.165) is 32.1 Å². The van der Waals surface area contributed by atoms with Crippen molar-refractivity contribution in [2.75, 3.05) is 7.05 Å². The van der Waals surface area contributed by atoms with Crippen LogP contribution in [-0.2, 0) is 0 Å². The molecule has 2 aliphatic carbocycles. The SMILES string of the molecule is CNC(C1CCCCCC1)C1CCCCC1C(F)(F)F. The van der Waals surface area contributed by atoms with E-state index in [1.54, 1.807) is 0 Å². The van der Waals surface area contributed by atoms with Crippen LogP contribution >= 0.6 is 0 Å². The first-order valence-electron chi connectivity index (χ1n) is 8.28. The van der Waals surface area contributed by atoms with Crippen LogP contribution < -0.4 is 5.32 Å². The standard InChI is InChI=1S/C16H28F3N/c1-20-15(12-8-4-2-3-5-9-12)13-10-6-7-11-14(13)16(17,18)19/h12-15,20H,2-11H2,1H3. The molecule has 3 atom stereocenters. The minimum Gasteiger partial charge on any atom is -0.316 e. The van der Waals surface area contributed by atoms with E-state index >= 15 is 0 Å². The first kappa shape index (κ1) is 16.1. The van der Waals surface area contributed by atoms with E-state index in [-0.39, 0.29) is 12.0 Å². The molecule has 2 saturated carbocycles. The van der Waals surface area contributed by atoms with Gasteiger partial charge in [-0.25, -0.2) is 0 Å². The van der Waals surface area contributed by atoms with E-state index < -0.39 is 12.1 Å². The lowest BCUT2D eigenvalue weighted by Crippen LogP contribution is -2.48. The van der Waals surface area contributed by atoms with Crippen molar-refractivity contribution >= 4 is 0 Å². The van der Waals surface area contributed by atoms with Gasteiger partial charge in [-0.3, -0.25) is 0 Å². The van der Waals surface area contributed by atoms with Crippen molar-refractivity contribution in [1.29, 1.82) is 0 Å². The Hall–Kier alpha value is -0.250. The molecule has 0 aliphatic heterocycles. The van der Waals surface area contributed by atoms with Crippen molar-refractivity contribution in [1.82, 2.24) is 5.32 Å². The lowest BCUT2D eigenvalue weighted by Gasteiger charge is -2.41. The second-order valence-electron chi connectivity index (χ2n) is 6.66. The van der Waals surface area contributed by atoms with Crippen LogP contribution in [0, 0.1) is 17.8 Å². The fourth-order valence-corrected chi connectivity index (χ4v) is 4.47. The van der Waals surface area contributed by atoms with Crippen LogP contribution in [0.25, 0.3) is 0 Å². The van der Waals surface area contributed by atoms with E-state index in [4.69, 9.17) is 0 Å². The molecule has 0 saturated heterocycles. The minimum atomic E-state index is -4.02. The van der Waals surface area contributed by atoms with Gasteiger partial charge in [0.05, 0.1) is 5.92 Å². The number of halogens is 3. The highest BCUT2D eigenvalue weighted by Crippen LogP contribution is 2.45. The van der Waals surface area contributed by atoms with Crippen molar-refractivity contribution in [2.24, 2.45) is 17.8 Å². The van der Waals surface area contributed by atoms with Crippen LogP contribution in [0.4, 0.5) is 13.2 Å². The first-order valence-corrected chi connectivity index (χ1v) is 8.28. The molecule has 2 fully saturated rings. The van der Waals surface area contributed by atoms with Crippen molar-refractivity contribution in [3.8, 4) is 0 Å². The number of rotatable bonds is 3. The maximum atomic E-state index is 13.3. The normalized spacial score (nSPS) is 31.8. The Morgan fingerprint density at radius 3 is 1.95 bits per heavy atom. The first-order chi connectivity index (χ1) is 9.54. The molecule has 0 aromatic heterocycles. The summed E-state index contributed by atoms with van der Waals surface area (Å²) >= 11 is 0. The van der Waals surface area contributed by atoms with Gasteiger partial charge in [0.1, 0.15) is 0 Å². The van der Waals surface area contributed by atoms with E-state index in [0.29, 0.717) is 12.3 Å². The predicted molar refractivity (Wildman–Crippen MR) is 75.5 cm³/mol. The van der Waals surface area contributed by atoms with Crippen LogP contribution in [0.15, 0.2) is 0 Å². The minimum absolute atomic E-state index is 0.0556. The Labute approximate surface area is 120 Å². The van der Waals surface area contributed by atoms with Crippen molar-refractivity contribution < 1.29 is 13.2 Å². The Bertz CT molecular complexity index is 282. The molecule has 0 radical (unpaired) electrons. The Morgan fingerprint density at radius 1 is 0.850 bits per heavy atom. The average Bonchev–Trinajstić information content (AvgIpc) is 2.68. The van der Waals surface area contributed by atoms with Crippen LogP contribution in [0.1, 0.15) is 64.2 Å². The third-order valence-electron chi connectivity index (χ3n) is 5.44. The van der Waals surface area contributed by atoms with Gasteiger partial charge in [-0.2, -0.15) is 13.2 Å². The molecule has 0 spiro atoms. The zero-order chi connectivity index (χ0) is 14.6. The van der Waals surface area contributed by atoms with E-state index in [1.165, 1.54) is 25.7 Å². The van der Waals surface area contributed by atoms with Crippen LogP contribution in [-0.4, -0.2) is 19.3 Å². The topological polar surface area (TPSA) is 12.0 Å². The maximum absolute atomic E-state index is 13.3. The van der Waals surface area contributed by atoms with E-state index in [2.05, 4.69) is 5.32 Å². The summed E-state index contributed by atoms with van der Waals surface area (Å²) in [6.45, 7) is 0. The lowest BCUT2D eigenvalue weighted by atomic mass is 9.70. The Balaban J connectivity index is 2.10.